The molecule has 36 valence electrons. The fourth-order valence-electron chi connectivity index (χ4n) is 0. The third kappa shape index (κ3) is 10.9. The number of hydrogen-bond donors (Lipinski definition) is 1. The van der Waals surface area contributed by atoms with Crippen molar-refractivity contribution in [3.63, 3.8) is 0 Å². The van der Waals surface area contributed by atoms with Crippen LogP contribution in [0, 0.1) is 0 Å². The van der Waals surface area contributed by atoms with Crippen LogP contribution < -0.4 is 34.5 Å². The molecule has 0 fully saturated rings. The van der Waals surface area contributed by atoms with E-state index in [0.717, 1.165) is 0 Å². The van der Waals surface area contributed by atoms with Crippen LogP contribution in [0.15, 0.2) is 12.4 Å². The van der Waals surface area contributed by atoms with Crippen molar-refractivity contribution in [1.82, 2.24) is 0 Å². The molecule has 0 aliphatic carbocycles. The minimum atomic E-state index is -4.13. The maximum absolute atomic E-state index is 9.47. The van der Waals surface area contributed by atoms with E-state index in [1.54, 1.807) is 0 Å². The van der Waals surface area contributed by atoms with Gasteiger partial charge in [0.15, 0.2) is 7.60 Å². The molecule has 0 rings (SSSR count). The second-order valence-corrected chi connectivity index (χ2v) is 2.24. The van der Waals surface area contributed by atoms with Gasteiger partial charge in [-0.1, -0.05) is 6.58 Å². The van der Waals surface area contributed by atoms with Crippen molar-refractivity contribution >= 4 is 7.60 Å². The standard InChI is InChI=1S/C2H5O3P.Na/c1-2-6(3,4)5;/h2H,1H2,(H2,3,4,5);/q;+1/p-1. The van der Waals surface area contributed by atoms with E-state index in [2.05, 4.69) is 6.58 Å². The van der Waals surface area contributed by atoms with Crippen molar-refractivity contribution < 1.29 is 43.9 Å². The predicted molar refractivity (Wildman–Crippen MR) is 20.0 cm³/mol. The van der Waals surface area contributed by atoms with Crippen molar-refractivity contribution in [2.45, 2.75) is 0 Å². The van der Waals surface area contributed by atoms with Gasteiger partial charge in [-0.05, 0) is 5.82 Å². The molecule has 0 aromatic heterocycles. The van der Waals surface area contributed by atoms with Crippen LogP contribution >= 0.6 is 7.60 Å². The molecule has 5 heteroatoms. The second-order valence-electron chi connectivity index (χ2n) is 0.747. The topological polar surface area (TPSA) is 60.4 Å². The Morgan fingerprint density at radius 1 is 1.86 bits per heavy atom. The minimum absolute atomic E-state index is 0. The third-order valence-corrected chi connectivity index (χ3v) is 0.692. The Morgan fingerprint density at radius 2 is 2.00 bits per heavy atom. The molecule has 0 aliphatic rings. The first-order valence-corrected chi connectivity index (χ1v) is 2.88. The summed E-state index contributed by atoms with van der Waals surface area (Å²) in [4.78, 5) is 17.2. The van der Waals surface area contributed by atoms with Crippen molar-refractivity contribution in [1.29, 1.82) is 0 Å². The van der Waals surface area contributed by atoms with Crippen molar-refractivity contribution in [2.75, 3.05) is 0 Å². The molecule has 1 N–H and O–H groups in total. The SMILES string of the molecule is C=CP(=O)([O-])O.[Na+]. The van der Waals surface area contributed by atoms with Gasteiger partial charge < -0.3 is 14.4 Å². The van der Waals surface area contributed by atoms with Gasteiger partial charge in [-0.15, -0.1) is 0 Å². The molecule has 0 aromatic carbocycles. The molecule has 1 unspecified atom stereocenters. The molecule has 0 heterocycles. The van der Waals surface area contributed by atoms with Crippen molar-refractivity contribution in [3.8, 4) is 0 Å². The summed E-state index contributed by atoms with van der Waals surface area (Å²) in [7, 11) is -4.13. The zero-order valence-electron chi connectivity index (χ0n) is 4.00. The van der Waals surface area contributed by atoms with Crippen LogP contribution in [0.1, 0.15) is 0 Å². The molecule has 0 aromatic rings. The molecule has 0 bridgehead atoms. The second kappa shape index (κ2) is 3.84. The van der Waals surface area contributed by atoms with E-state index in [0.29, 0.717) is 5.82 Å². The first-order chi connectivity index (χ1) is 2.56. The first-order valence-electron chi connectivity index (χ1n) is 1.23. The van der Waals surface area contributed by atoms with Crippen LogP contribution in [0.5, 0.6) is 0 Å². The molecule has 7 heavy (non-hydrogen) atoms. The Morgan fingerprint density at radius 3 is 2.00 bits per heavy atom. The summed E-state index contributed by atoms with van der Waals surface area (Å²) < 4.78 is 9.47. The van der Waals surface area contributed by atoms with Crippen LogP contribution in [-0.2, 0) is 4.57 Å². The summed E-state index contributed by atoms with van der Waals surface area (Å²) in [6.07, 6.45) is 0. The monoisotopic (exact) mass is 130 g/mol. The van der Waals surface area contributed by atoms with Gasteiger partial charge >= 0.3 is 29.6 Å². The van der Waals surface area contributed by atoms with Gasteiger partial charge in [-0.2, -0.15) is 0 Å². The zero-order valence-corrected chi connectivity index (χ0v) is 6.89. The Hall–Kier alpha value is 0.890. The van der Waals surface area contributed by atoms with E-state index in [4.69, 9.17) is 4.89 Å². The quantitative estimate of drug-likeness (QED) is 0.298. The normalized spacial score (nSPS) is 16.3. The van der Waals surface area contributed by atoms with Crippen LogP contribution in [0.4, 0.5) is 0 Å². The van der Waals surface area contributed by atoms with Gasteiger partial charge in [0.25, 0.3) is 0 Å². The van der Waals surface area contributed by atoms with Crippen molar-refractivity contribution in [2.24, 2.45) is 0 Å². The van der Waals surface area contributed by atoms with E-state index in [9.17, 15) is 9.46 Å². The molecule has 1 atom stereocenters. The van der Waals surface area contributed by atoms with Crippen LogP contribution in [-0.4, -0.2) is 4.89 Å². The van der Waals surface area contributed by atoms with Gasteiger partial charge in [0.05, 0.1) is 0 Å². The maximum Gasteiger partial charge on any atom is 1.00 e. The smallest absolute Gasteiger partial charge is 0.776 e. The van der Waals surface area contributed by atoms with Gasteiger partial charge in [0.1, 0.15) is 0 Å². The summed E-state index contributed by atoms with van der Waals surface area (Å²) in [5.41, 5.74) is 0. The molecule has 0 radical (unpaired) electrons. The van der Waals surface area contributed by atoms with E-state index >= 15 is 0 Å². The average Bonchev–Trinajstić information content (AvgIpc) is 1.35. The summed E-state index contributed by atoms with van der Waals surface area (Å²) in [5.74, 6) is 0.493. The Labute approximate surface area is 63.9 Å². The van der Waals surface area contributed by atoms with Crippen LogP contribution in [0.2, 0.25) is 0 Å². The number of rotatable bonds is 1. The molecule has 0 aliphatic heterocycles. The van der Waals surface area contributed by atoms with Gasteiger partial charge in [0.2, 0.25) is 0 Å². The molecular formula is C2H4NaO3P. The van der Waals surface area contributed by atoms with E-state index < -0.39 is 7.60 Å². The summed E-state index contributed by atoms with van der Waals surface area (Å²) in [6, 6.07) is 0. The Bertz CT molecular complexity index is 95.1. The molecule has 0 spiro atoms. The zero-order chi connectivity index (χ0) is 5.21. The molecule has 3 nitrogen and oxygen atoms in total. The molecular weight excluding hydrogens is 126 g/mol. The average molecular weight is 130 g/mol. The van der Waals surface area contributed by atoms with Gasteiger partial charge in [-0.3, -0.25) is 0 Å². The summed E-state index contributed by atoms with van der Waals surface area (Å²) in [5, 5.41) is 0. The maximum atomic E-state index is 9.47. The van der Waals surface area contributed by atoms with Crippen LogP contribution in [0.3, 0.4) is 0 Å². The van der Waals surface area contributed by atoms with E-state index in [-0.39, 0.29) is 29.6 Å². The minimum Gasteiger partial charge on any atom is -0.776 e. The first kappa shape index (κ1) is 10.8. The van der Waals surface area contributed by atoms with Gasteiger partial charge in [0, 0.05) is 0 Å². The fourth-order valence-corrected chi connectivity index (χ4v) is 0. The van der Waals surface area contributed by atoms with Gasteiger partial charge in [-0.25, -0.2) is 0 Å². The molecule has 0 saturated carbocycles. The van der Waals surface area contributed by atoms with Crippen molar-refractivity contribution in [3.05, 3.63) is 12.4 Å². The number of hydrogen-bond acceptors (Lipinski definition) is 2. The van der Waals surface area contributed by atoms with Crippen LogP contribution in [0.25, 0.3) is 0 Å². The summed E-state index contributed by atoms with van der Waals surface area (Å²) >= 11 is 0. The fraction of sp³-hybridized carbons (Fsp3) is 0. The third-order valence-electron chi connectivity index (χ3n) is 0.231. The molecule has 0 saturated heterocycles. The molecule has 0 amide bonds. The largest absolute Gasteiger partial charge is 1.00 e. The Balaban J connectivity index is 0. The van der Waals surface area contributed by atoms with E-state index in [1.807, 2.05) is 0 Å². The van der Waals surface area contributed by atoms with E-state index in [1.165, 1.54) is 0 Å². The Kier molecular flexibility index (Phi) is 5.92. The predicted octanol–water partition coefficient (Wildman–Crippen LogP) is -3.32. The summed E-state index contributed by atoms with van der Waals surface area (Å²) in [6.45, 7) is 2.81.